The van der Waals surface area contributed by atoms with Crippen molar-refractivity contribution in [2.75, 3.05) is 29.7 Å². The lowest BCUT2D eigenvalue weighted by Crippen LogP contribution is -2.36. The number of fused-ring (bicyclic) bond motifs is 1. The summed E-state index contributed by atoms with van der Waals surface area (Å²) in [6.07, 6.45) is 0.690. The number of benzene rings is 1. The van der Waals surface area contributed by atoms with Crippen molar-refractivity contribution in [1.29, 1.82) is 0 Å². The molecule has 1 aromatic heterocycles. The number of carbonyl (C=O) groups is 1. The molecule has 0 bridgehead atoms. The number of aldehydes is 1. The van der Waals surface area contributed by atoms with E-state index in [1.807, 2.05) is 35.2 Å². The lowest BCUT2D eigenvalue weighted by atomic mass is 10.2. The highest BCUT2D eigenvalue weighted by Gasteiger charge is 2.36. The zero-order valence-corrected chi connectivity index (χ0v) is 15.1. The number of nitrogens with two attached hydrogens (primary N) is 1. The number of nitrogens with zero attached hydrogens (tertiary/aromatic N) is 3. The van der Waals surface area contributed by atoms with Crippen LogP contribution in [-0.2, 0) is 32.0 Å². The lowest BCUT2D eigenvalue weighted by Gasteiger charge is -2.22. The highest BCUT2D eigenvalue weighted by Crippen LogP contribution is 2.38. The van der Waals surface area contributed by atoms with Crippen molar-refractivity contribution in [1.82, 2.24) is 9.97 Å². The van der Waals surface area contributed by atoms with Crippen LogP contribution in [0.1, 0.15) is 23.1 Å². The molecule has 1 aliphatic rings. The number of nitrogen functional groups attached to an aromatic ring is 1. The van der Waals surface area contributed by atoms with E-state index in [1.54, 1.807) is 7.11 Å². The average Bonchev–Trinajstić information content (AvgIpc) is 3.01. The molecule has 1 aromatic carbocycles. The van der Waals surface area contributed by atoms with Crippen molar-refractivity contribution < 1.29 is 13.7 Å². The molecular weight excluding hydrogens is 354 g/mol. The van der Waals surface area contributed by atoms with Crippen LogP contribution in [0.4, 0.5) is 17.3 Å². The van der Waals surface area contributed by atoms with Crippen LogP contribution in [0.3, 0.4) is 0 Å². The summed E-state index contributed by atoms with van der Waals surface area (Å²) in [7, 11) is 1.57. The maximum Gasteiger partial charge on any atom is 0.470 e. The number of methoxy groups -OCH3 is 1. The zero-order chi connectivity index (χ0) is 18.5. The van der Waals surface area contributed by atoms with E-state index in [9.17, 15) is 9.00 Å². The predicted molar refractivity (Wildman–Crippen MR) is 99.8 cm³/mol. The first-order chi connectivity index (χ1) is 12.7. The normalized spacial score (nSPS) is 16.7. The van der Waals surface area contributed by atoms with Crippen molar-refractivity contribution in [2.45, 2.75) is 24.4 Å². The van der Waals surface area contributed by atoms with Gasteiger partial charge in [-0.3, -0.25) is 4.79 Å². The number of carbonyl (C=O) groups excluding carboxylic acids is 1. The summed E-state index contributed by atoms with van der Waals surface area (Å²) >= 11 is 0.410. The summed E-state index contributed by atoms with van der Waals surface area (Å²) in [6.45, 7) is 0.899. The van der Waals surface area contributed by atoms with E-state index in [0.717, 1.165) is 11.8 Å². The Morgan fingerprint density at radius 2 is 2.15 bits per heavy atom. The Morgan fingerprint density at radius 1 is 1.38 bits per heavy atom. The second-order valence-electron chi connectivity index (χ2n) is 5.87. The molecule has 0 aliphatic carbocycles. The Hall–Kier alpha value is -2.65. The highest BCUT2D eigenvalue weighted by atomic mass is 32.1. The molecule has 26 heavy (non-hydrogen) atoms. The van der Waals surface area contributed by atoms with Crippen LogP contribution in [0.15, 0.2) is 30.3 Å². The molecule has 2 atom stereocenters. The Labute approximate surface area is 155 Å². The molecule has 3 rings (SSSR count). The van der Waals surface area contributed by atoms with E-state index in [2.05, 4.69) is 15.3 Å². The van der Waals surface area contributed by atoms with Gasteiger partial charge in [-0.2, -0.15) is 0 Å². The van der Waals surface area contributed by atoms with Gasteiger partial charge in [0.15, 0.2) is 24.1 Å². The van der Waals surface area contributed by atoms with E-state index in [1.165, 1.54) is 0 Å². The smallest absolute Gasteiger partial charge is 0.384 e. The molecule has 0 spiro atoms. The minimum Gasteiger partial charge on any atom is -0.384 e. The number of anilines is 3. The Balaban J connectivity index is 1.96. The van der Waals surface area contributed by atoms with Gasteiger partial charge in [-0.25, -0.2) is 9.97 Å². The maximum atomic E-state index is 11.5. The first-order valence-corrected chi connectivity index (χ1v) is 8.95. The minimum absolute atomic E-state index is 0.226. The van der Waals surface area contributed by atoms with Crippen LogP contribution in [0.2, 0.25) is 0 Å². The topological polar surface area (TPSA) is 110 Å². The van der Waals surface area contributed by atoms with Gasteiger partial charge in [0.25, 0.3) is 5.25 Å². The third-order valence-electron chi connectivity index (χ3n) is 4.15. The van der Waals surface area contributed by atoms with Gasteiger partial charge in [0, 0.05) is 24.3 Å². The molecule has 1 aliphatic heterocycles. The summed E-state index contributed by atoms with van der Waals surface area (Å²) < 4.78 is 16.5. The minimum atomic E-state index is -0.589. The number of hydrogen-bond donors (Lipinski definition) is 2. The van der Waals surface area contributed by atoms with Crippen LogP contribution in [0.25, 0.3) is 0 Å². The number of rotatable bonds is 8. The van der Waals surface area contributed by atoms with Gasteiger partial charge in [-0.05, 0) is 5.56 Å². The van der Waals surface area contributed by atoms with Gasteiger partial charge in [-0.15, -0.1) is 0 Å². The molecule has 9 heteroatoms. The molecule has 136 valence electrons. The van der Waals surface area contributed by atoms with Gasteiger partial charge >= 0.3 is 11.7 Å². The van der Waals surface area contributed by atoms with Crippen molar-refractivity contribution in [3.63, 3.8) is 0 Å². The van der Waals surface area contributed by atoms with Crippen molar-refractivity contribution in [2.24, 2.45) is 0 Å². The van der Waals surface area contributed by atoms with Gasteiger partial charge in [0.1, 0.15) is 5.69 Å². The molecule has 2 heterocycles. The molecule has 0 amide bonds. The standard InChI is InChI=1S/C17H20N5O3S/c1-25-8-7-12(26-24)16-20-15(18)14-17(21-16)22(13(10-23)19-14)9-11-5-3-2-4-6-11/h2-6,10,12-13,19H,7-9H2,1H3,(H2,18,20,21)/q+1. The molecule has 0 saturated carbocycles. The number of hydrogen-bond acceptors (Lipinski definition) is 8. The van der Waals surface area contributed by atoms with Gasteiger partial charge in [0.2, 0.25) is 5.82 Å². The fraction of sp³-hybridized carbons (Fsp3) is 0.353. The Morgan fingerprint density at radius 3 is 2.81 bits per heavy atom. The van der Waals surface area contributed by atoms with E-state index in [0.29, 0.717) is 48.6 Å². The largest absolute Gasteiger partial charge is 0.470 e. The van der Waals surface area contributed by atoms with E-state index in [-0.39, 0.29) is 5.82 Å². The summed E-state index contributed by atoms with van der Waals surface area (Å²) in [5.41, 5.74) is 7.61. The van der Waals surface area contributed by atoms with Gasteiger partial charge in [0.05, 0.1) is 6.61 Å². The van der Waals surface area contributed by atoms with E-state index < -0.39 is 11.4 Å². The molecular formula is C17H20N5O3S+. The van der Waals surface area contributed by atoms with Crippen molar-refractivity contribution >= 4 is 35.3 Å². The molecule has 3 N–H and O–H groups in total. The number of aromatic nitrogens is 2. The lowest BCUT2D eigenvalue weighted by molar-refractivity contribution is -0.108. The number of ether oxygens (including phenoxy) is 1. The fourth-order valence-corrected chi connectivity index (χ4v) is 3.22. The first kappa shape index (κ1) is 18.2. The van der Waals surface area contributed by atoms with Crippen molar-refractivity contribution in [3.05, 3.63) is 41.7 Å². The van der Waals surface area contributed by atoms with Crippen LogP contribution in [-0.4, -0.2) is 36.1 Å². The van der Waals surface area contributed by atoms with Gasteiger partial charge < -0.3 is 20.7 Å². The third kappa shape index (κ3) is 3.63. The Kier molecular flexibility index (Phi) is 5.69. The fourth-order valence-electron chi connectivity index (χ4n) is 2.84. The van der Waals surface area contributed by atoms with Crippen molar-refractivity contribution in [3.8, 4) is 0 Å². The van der Waals surface area contributed by atoms with Crippen LogP contribution >= 0.6 is 0 Å². The molecule has 8 nitrogen and oxygen atoms in total. The summed E-state index contributed by atoms with van der Waals surface area (Å²) in [5, 5.41) is 2.57. The quantitative estimate of drug-likeness (QED) is 0.529. The third-order valence-corrected chi connectivity index (χ3v) is 4.83. The molecule has 0 fully saturated rings. The summed E-state index contributed by atoms with van der Waals surface area (Å²) in [6, 6.07) is 9.75. The zero-order valence-electron chi connectivity index (χ0n) is 14.3. The maximum absolute atomic E-state index is 11.5. The predicted octanol–water partition coefficient (Wildman–Crippen LogP) is 1.52. The SMILES string of the molecule is COCCC([S+]=O)c1nc(N)c2c(n1)N(Cc1ccccc1)C(C=O)N2. The molecule has 2 unspecified atom stereocenters. The second kappa shape index (κ2) is 8.15. The van der Waals surface area contributed by atoms with Gasteiger partial charge in [-0.1, -0.05) is 30.3 Å². The first-order valence-electron chi connectivity index (χ1n) is 8.15. The highest BCUT2D eigenvalue weighted by molar-refractivity contribution is 7.65. The second-order valence-corrected chi connectivity index (χ2v) is 6.63. The number of nitrogens with one attached hydrogen (secondary N) is 1. The molecule has 0 saturated heterocycles. The van der Waals surface area contributed by atoms with E-state index in [4.69, 9.17) is 10.5 Å². The summed E-state index contributed by atoms with van der Waals surface area (Å²) in [4.78, 5) is 22.2. The van der Waals surface area contributed by atoms with Crippen LogP contribution in [0.5, 0.6) is 0 Å². The van der Waals surface area contributed by atoms with Crippen LogP contribution < -0.4 is 16.0 Å². The monoisotopic (exact) mass is 374 g/mol. The van der Waals surface area contributed by atoms with Crippen LogP contribution in [0, 0.1) is 0 Å². The van der Waals surface area contributed by atoms with E-state index >= 15 is 0 Å². The molecule has 2 aromatic rings. The Bertz CT molecular complexity index is 789. The molecule has 0 radical (unpaired) electrons. The summed E-state index contributed by atoms with van der Waals surface area (Å²) in [5.74, 6) is 1.11. The average molecular weight is 374 g/mol.